The Hall–Kier alpha value is -0.0800. The molecule has 2 fully saturated rings. The van der Waals surface area contributed by atoms with Crippen LogP contribution >= 0.6 is 0 Å². The van der Waals surface area contributed by atoms with Crippen LogP contribution in [0.1, 0.15) is 79.1 Å². The first-order valence-corrected chi connectivity index (χ1v) is 9.02. The minimum atomic E-state index is 0.250. The quantitative estimate of drug-likeness (QED) is 0.830. The van der Waals surface area contributed by atoms with Crippen molar-refractivity contribution in [3.63, 3.8) is 0 Å². The van der Waals surface area contributed by atoms with Crippen molar-refractivity contribution in [3.05, 3.63) is 0 Å². The monoisotopic (exact) mass is 280 g/mol. The molecule has 0 bridgehead atoms. The van der Waals surface area contributed by atoms with E-state index >= 15 is 0 Å². The smallest absolute Gasteiger partial charge is 0.0223 e. The first kappa shape index (κ1) is 16.3. The second-order valence-electron chi connectivity index (χ2n) is 8.04. The van der Waals surface area contributed by atoms with Gasteiger partial charge < -0.3 is 5.32 Å². The molecule has 1 N–H and O–H groups in total. The van der Waals surface area contributed by atoms with Gasteiger partial charge in [0.1, 0.15) is 0 Å². The zero-order valence-corrected chi connectivity index (χ0v) is 14.3. The predicted octanol–water partition coefficient (Wildman–Crippen LogP) is 4.20. The first-order chi connectivity index (χ1) is 9.51. The Balaban J connectivity index is 1.98. The van der Waals surface area contributed by atoms with E-state index in [1.807, 2.05) is 0 Å². The van der Waals surface area contributed by atoms with Crippen molar-refractivity contribution in [1.29, 1.82) is 0 Å². The fraction of sp³-hybridized carbons (Fsp3) is 1.00. The van der Waals surface area contributed by atoms with Gasteiger partial charge in [-0.3, -0.25) is 4.90 Å². The molecular weight excluding hydrogens is 244 g/mol. The lowest BCUT2D eigenvalue weighted by Crippen LogP contribution is -2.55. The molecule has 0 aromatic carbocycles. The zero-order chi connectivity index (χ0) is 14.6. The molecule has 2 heteroatoms. The Morgan fingerprint density at radius 2 is 1.70 bits per heavy atom. The molecule has 20 heavy (non-hydrogen) atoms. The number of nitrogens with zero attached hydrogens (tertiary/aromatic N) is 1. The Labute approximate surface area is 126 Å². The van der Waals surface area contributed by atoms with E-state index in [-0.39, 0.29) is 5.54 Å². The van der Waals surface area contributed by atoms with Gasteiger partial charge in [0.15, 0.2) is 0 Å². The molecule has 0 aromatic heterocycles. The van der Waals surface area contributed by atoms with Crippen LogP contribution in [0.3, 0.4) is 0 Å². The van der Waals surface area contributed by atoms with Gasteiger partial charge in [0, 0.05) is 24.2 Å². The van der Waals surface area contributed by atoms with Crippen LogP contribution < -0.4 is 5.32 Å². The highest BCUT2D eigenvalue weighted by Crippen LogP contribution is 2.34. The lowest BCUT2D eigenvalue weighted by molar-refractivity contribution is 0.0348. The van der Waals surface area contributed by atoms with Gasteiger partial charge >= 0.3 is 0 Å². The lowest BCUT2D eigenvalue weighted by atomic mass is 9.80. The van der Waals surface area contributed by atoms with Crippen LogP contribution in [0.2, 0.25) is 0 Å². The van der Waals surface area contributed by atoms with E-state index in [2.05, 4.69) is 37.9 Å². The van der Waals surface area contributed by atoms with Gasteiger partial charge in [-0.1, -0.05) is 32.6 Å². The van der Waals surface area contributed by atoms with Crippen molar-refractivity contribution < 1.29 is 0 Å². The molecule has 2 rings (SSSR count). The van der Waals surface area contributed by atoms with Gasteiger partial charge in [0.25, 0.3) is 0 Å². The topological polar surface area (TPSA) is 15.3 Å². The van der Waals surface area contributed by atoms with Crippen molar-refractivity contribution in [1.82, 2.24) is 10.2 Å². The molecule has 1 saturated carbocycles. The van der Waals surface area contributed by atoms with Crippen LogP contribution in [0, 0.1) is 5.92 Å². The molecule has 1 heterocycles. The molecule has 0 aromatic rings. The maximum Gasteiger partial charge on any atom is 0.0223 e. The summed E-state index contributed by atoms with van der Waals surface area (Å²) in [5, 5.41) is 3.75. The molecule has 1 aliphatic heterocycles. The molecule has 3 unspecified atom stereocenters. The number of piperidine rings is 1. The van der Waals surface area contributed by atoms with Gasteiger partial charge in [-0.2, -0.15) is 0 Å². The summed E-state index contributed by atoms with van der Waals surface area (Å²) in [6, 6.07) is 1.65. The Kier molecular flexibility index (Phi) is 5.92. The highest BCUT2D eigenvalue weighted by atomic mass is 15.2. The normalized spacial score (nSPS) is 33.3. The summed E-state index contributed by atoms with van der Waals surface area (Å²) in [5.74, 6) is 0.957. The number of nitrogens with one attached hydrogen (secondary N) is 1. The molecular formula is C18H36N2. The average Bonchev–Trinajstić information content (AvgIpc) is 2.44. The summed E-state index contributed by atoms with van der Waals surface area (Å²) >= 11 is 0. The zero-order valence-electron chi connectivity index (χ0n) is 14.3. The second-order valence-corrected chi connectivity index (χ2v) is 8.04. The highest BCUT2D eigenvalue weighted by Gasteiger charge is 2.34. The summed E-state index contributed by atoms with van der Waals surface area (Å²) in [6.07, 6.45) is 11.5. The van der Waals surface area contributed by atoms with Gasteiger partial charge in [-0.05, 0) is 58.9 Å². The van der Waals surface area contributed by atoms with E-state index < -0.39 is 0 Å². The number of rotatable bonds is 4. The maximum absolute atomic E-state index is 3.75. The van der Waals surface area contributed by atoms with E-state index in [1.165, 1.54) is 64.5 Å². The second kappa shape index (κ2) is 7.26. The minimum absolute atomic E-state index is 0.250. The maximum atomic E-state index is 3.75. The molecule has 0 radical (unpaired) electrons. The fourth-order valence-electron chi connectivity index (χ4n) is 4.20. The van der Waals surface area contributed by atoms with Crippen molar-refractivity contribution in [2.24, 2.45) is 5.92 Å². The molecule has 0 amide bonds. The molecule has 0 spiro atoms. The molecule has 1 saturated heterocycles. The third kappa shape index (κ3) is 4.46. The Morgan fingerprint density at radius 1 is 1.00 bits per heavy atom. The summed E-state index contributed by atoms with van der Waals surface area (Å²) in [5.41, 5.74) is 0.250. The van der Waals surface area contributed by atoms with Crippen molar-refractivity contribution in [3.8, 4) is 0 Å². The van der Waals surface area contributed by atoms with Crippen LogP contribution in [0.25, 0.3) is 0 Å². The van der Waals surface area contributed by atoms with Gasteiger partial charge in [-0.25, -0.2) is 0 Å². The molecule has 3 atom stereocenters. The van der Waals surface area contributed by atoms with Gasteiger partial charge in [0.2, 0.25) is 0 Å². The van der Waals surface area contributed by atoms with E-state index in [9.17, 15) is 0 Å². The number of likely N-dealkylation sites (tertiary alicyclic amines) is 1. The largest absolute Gasteiger partial charge is 0.311 e. The third-order valence-electron chi connectivity index (χ3n) is 5.36. The van der Waals surface area contributed by atoms with Crippen LogP contribution in [-0.4, -0.2) is 35.6 Å². The SMILES string of the molecule is CCC1CCCCC1N1CCCCC1CNC(C)(C)C. The van der Waals surface area contributed by atoms with Gasteiger partial charge in [-0.15, -0.1) is 0 Å². The first-order valence-electron chi connectivity index (χ1n) is 9.02. The molecule has 2 nitrogen and oxygen atoms in total. The Morgan fingerprint density at radius 3 is 2.40 bits per heavy atom. The Bertz CT molecular complexity index is 282. The molecule has 118 valence electrons. The van der Waals surface area contributed by atoms with Gasteiger partial charge in [0.05, 0.1) is 0 Å². The van der Waals surface area contributed by atoms with Crippen LogP contribution in [0.15, 0.2) is 0 Å². The van der Waals surface area contributed by atoms with Crippen LogP contribution in [0.4, 0.5) is 0 Å². The van der Waals surface area contributed by atoms with E-state index in [4.69, 9.17) is 0 Å². The summed E-state index contributed by atoms with van der Waals surface area (Å²) in [4.78, 5) is 2.90. The van der Waals surface area contributed by atoms with E-state index in [0.717, 1.165) is 18.0 Å². The van der Waals surface area contributed by atoms with E-state index in [0.29, 0.717) is 0 Å². The lowest BCUT2D eigenvalue weighted by Gasteiger charge is -2.47. The van der Waals surface area contributed by atoms with Crippen LogP contribution in [-0.2, 0) is 0 Å². The van der Waals surface area contributed by atoms with E-state index in [1.54, 1.807) is 0 Å². The van der Waals surface area contributed by atoms with Crippen molar-refractivity contribution in [2.45, 2.75) is 96.7 Å². The number of hydrogen-bond acceptors (Lipinski definition) is 2. The average molecular weight is 280 g/mol. The summed E-state index contributed by atoms with van der Waals surface area (Å²) in [7, 11) is 0. The fourth-order valence-corrected chi connectivity index (χ4v) is 4.20. The minimum Gasteiger partial charge on any atom is -0.311 e. The summed E-state index contributed by atoms with van der Waals surface area (Å²) in [6.45, 7) is 11.8. The summed E-state index contributed by atoms with van der Waals surface area (Å²) < 4.78 is 0. The molecule has 2 aliphatic rings. The van der Waals surface area contributed by atoms with Crippen molar-refractivity contribution in [2.75, 3.05) is 13.1 Å². The van der Waals surface area contributed by atoms with Crippen LogP contribution in [0.5, 0.6) is 0 Å². The third-order valence-corrected chi connectivity index (χ3v) is 5.36. The van der Waals surface area contributed by atoms with Crippen molar-refractivity contribution >= 4 is 0 Å². The predicted molar refractivity (Wildman–Crippen MR) is 88.1 cm³/mol. The molecule has 1 aliphatic carbocycles. The number of hydrogen-bond donors (Lipinski definition) is 1. The highest BCUT2D eigenvalue weighted by molar-refractivity contribution is 4.90. The standard InChI is InChI=1S/C18H36N2/c1-5-15-10-6-7-12-17(15)20-13-9-8-11-16(20)14-19-18(2,3)4/h15-17,19H,5-14H2,1-4H3.